The Morgan fingerprint density at radius 2 is 1.53 bits per heavy atom. The molecule has 3 rings (SSSR count). The second kappa shape index (κ2) is 5.32. The molecule has 0 fully saturated rings. The largest absolute Gasteiger partial charge is 1.00 e. The van der Waals surface area contributed by atoms with Gasteiger partial charge in [0.25, 0.3) is 5.01 Å². The lowest BCUT2D eigenvalue weighted by Crippen LogP contribution is -3.00. The van der Waals surface area contributed by atoms with Crippen molar-refractivity contribution in [1.29, 1.82) is 0 Å². The van der Waals surface area contributed by atoms with E-state index >= 15 is 0 Å². The predicted octanol–water partition coefficient (Wildman–Crippen LogP) is 1.01. The number of aromatic nitrogens is 1. The second-order valence-corrected chi connectivity index (χ2v) is 5.83. The molecule has 98 valence electrons. The van der Waals surface area contributed by atoms with Crippen LogP contribution in [-0.4, -0.2) is 0 Å². The number of thiazole rings is 1. The Morgan fingerprint density at radius 3 is 2.21 bits per heavy atom. The standard InChI is InChI=1S/C16H16NS.ClH/c1-11-4-7-13(8-5-11)16-17(3)14-9-6-12(2)10-15(14)18-16;/h4-10H,1-3H3;1H/q+1;/p-1. The molecule has 0 aliphatic heterocycles. The molecule has 0 saturated carbocycles. The normalized spacial score (nSPS) is 10.5. The van der Waals surface area contributed by atoms with Crippen molar-refractivity contribution in [3.8, 4) is 10.6 Å². The summed E-state index contributed by atoms with van der Waals surface area (Å²) in [7, 11) is 2.14. The molecule has 0 N–H and O–H groups in total. The van der Waals surface area contributed by atoms with Gasteiger partial charge in [-0.15, -0.1) is 0 Å². The van der Waals surface area contributed by atoms with E-state index in [0.717, 1.165) is 0 Å². The molecule has 0 aliphatic rings. The summed E-state index contributed by atoms with van der Waals surface area (Å²) in [5, 5.41) is 1.32. The Labute approximate surface area is 123 Å². The number of halogens is 1. The third-order valence-corrected chi connectivity index (χ3v) is 4.54. The summed E-state index contributed by atoms with van der Waals surface area (Å²) in [5.41, 5.74) is 5.22. The summed E-state index contributed by atoms with van der Waals surface area (Å²) in [6.45, 7) is 4.27. The maximum absolute atomic E-state index is 2.28. The molecule has 3 aromatic rings. The fraction of sp³-hybridized carbons (Fsp3) is 0.188. The van der Waals surface area contributed by atoms with Gasteiger partial charge >= 0.3 is 0 Å². The first-order valence-electron chi connectivity index (χ1n) is 6.11. The Bertz CT molecular complexity index is 713. The van der Waals surface area contributed by atoms with Crippen LogP contribution < -0.4 is 17.0 Å². The van der Waals surface area contributed by atoms with Gasteiger partial charge in [0.05, 0.1) is 5.56 Å². The Kier molecular flexibility index (Phi) is 3.93. The second-order valence-electron chi connectivity index (χ2n) is 4.80. The van der Waals surface area contributed by atoms with Crippen LogP contribution >= 0.6 is 11.3 Å². The Morgan fingerprint density at radius 1 is 0.895 bits per heavy atom. The van der Waals surface area contributed by atoms with Gasteiger partial charge in [-0.05, 0) is 37.6 Å². The average molecular weight is 290 g/mol. The van der Waals surface area contributed by atoms with Crippen molar-refractivity contribution in [2.24, 2.45) is 7.05 Å². The van der Waals surface area contributed by atoms with Crippen molar-refractivity contribution in [2.75, 3.05) is 0 Å². The van der Waals surface area contributed by atoms with Gasteiger partial charge in [-0.3, -0.25) is 0 Å². The van der Waals surface area contributed by atoms with Crippen LogP contribution in [0.25, 0.3) is 20.8 Å². The van der Waals surface area contributed by atoms with Crippen molar-refractivity contribution in [3.63, 3.8) is 0 Å². The smallest absolute Gasteiger partial charge is 0.269 e. The van der Waals surface area contributed by atoms with Crippen LogP contribution in [-0.2, 0) is 7.05 Å². The van der Waals surface area contributed by atoms with E-state index < -0.39 is 0 Å². The highest BCUT2D eigenvalue weighted by molar-refractivity contribution is 7.21. The van der Waals surface area contributed by atoms with Crippen molar-refractivity contribution in [2.45, 2.75) is 13.8 Å². The van der Waals surface area contributed by atoms with E-state index in [1.54, 1.807) is 0 Å². The van der Waals surface area contributed by atoms with Crippen LogP contribution in [0.1, 0.15) is 11.1 Å². The third-order valence-electron chi connectivity index (χ3n) is 3.29. The first-order valence-corrected chi connectivity index (χ1v) is 6.93. The number of hydrogen-bond donors (Lipinski definition) is 0. The summed E-state index contributed by atoms with van der Waals surface area (Å²) in [4.78, 5) is 0. The first-order chi connectivity index (χ1) is 8.65. The summed E-state index contributed by atoms with van der Waals surface area (Å²) in [5.74, 6) is 0. The Balaban J connectivity index is 0.00000133. The Hall–Kier alpha value is -1.38. The third kappa shape index (κ3) is 2.51. The van der Waals surface area contributed by atoms with Gasteiger partial charge in [0.1, 0.15) is 11.7 Å². The molecule has 0 radical (unpaired) electrons. The van der Waals surface area contributed by atoms with Crippen LogP contribution in [0.4, 0.5) is 0 Å². The summed E-state index contributed by atoms with van der Waals surface area (Å²) < 4.78 is 3.64. The minimum absolute atomic E-state index is 0. The van der Waals surface area contributed by atoms with Gasteiger partial charge in [-0.25, -0.2) is 0 Å². The molecular weight excluding hydrogens is 274 g/mol. The SMILES string of the molecule is Cc1ccc(-c2sc3cc(C)ccc3[n+]2C)cc1.[Cl-]. The van der Waals surface area contributed by atoms with E-state index in [2.05, 4.69) is 67.9 Å². The zero-order valence-corrected chi connectivity index (χ0v) is 12.8. The van der Waals surface area contributed by atoms with Gasteiger partial charge in [-0.2, -0.15) is 4.57 Å². The number of benzene rings is 2. The molecule has 0 atom stereocenters. The molecule has 0 amide bonds. The lowest BCUT2D eigenvalue weighted by molar-refractivity contribution is -0.629. The summed E-state index contributed by atoms with van der Waals surface area (Å²) in [6, 6.07) is 15.4. The number of fused-ring (bicyclic) bond motifs is 1. The summed E-state index contributed by atoms with van der Waals surface area (Å²) in [6.07, 6.45) is 0. The predicted molar refractivity (Wildman–Crippen MR) is 77.9 cm³/mol. The van der Waals surface area contributed by atoms with Crippen molar-refractivity contribution in [3.05, 3.63) is 53.6 Å². The molecule has 1 heterocycles. The lowest BCUT2D eigenvalue weighted by Gasteiger charge is -1.95. The molecule has 1 nitrogen and oxygen atoms in total. The van der Waals surface area contributed by atoms with E-state index in [4.69, 9.17) is 0 Å². The maximum Gasteiger partial charge on any atom is 0.269 e. The van der Waals surface area contributed by atoms with Gasteiger partial charge in [0, 0.05) is 6.07 Å². The molecule has 0 saturated heterocycles. The maximum atomic E-state index is 2.28. The van der Waals surface area contributed by atoms with Crippen LogP contribution in [0.15, 0.2) is 42.5 Å². The molecule has 3 heteroatoms. The average Bonchev–Trinajstić information content (AvgIpc) is 2.67. The number of aryl methyl sites for hydroxylation is 3. The zero-order valence-electron chi connectivity index (χ0n) is 11.3. The van der Waals surface area contributed by atoms with Crippen LogP contribution in [0.2, 0.25) is 0 Å². The number of rotatable bonds is 1. The lowest BCUT2D eigenvalue weighted by atomic mass is 10.1. The van der Waals surface area contributed by atoms with Crippen molar-refractivity contribution in [1.82, 2.24) is 0 Å². The molecule has 19 heavy (non-hydrogen) atoms. The topological polar surface area (TPSA) is 3.88 Å². The summed E-state index contributed by atoms with van der Waals surface area (Å²) >= 11 is 1.86. The molecule has 0 bridgehead atoms. The number of nitrogens with zero attached hydrogens (tertiary/aromatic N) is 1. The molecule has 0 aliphatic carbocycles. The molecule has 1 aromatic heterocycles. The monoisotopic (exact) mass is 289 g/mol. The van der Waals surface area contributed by atoms with Gasteiger partial charge in [-0.1, -0.05) is 35.1 Å². The quantitative estimate of drug-likeness (QED) is 0.589. The van der Waals surface area contributed by atoms with E-state index in [9.17, 15) is 0 Å². The van der Waals surface area contributed by atoms with Crippen LogP contribution in [0.5, 0.6) is 0 Å². The molecule has 0 spiro atoms. The molecule has 2 aromatic carbocycles. The van der Waals surface area contributed by atoms with E-state index in [-0.39, 0.29) is 12.4 Å². The van der Waals surface area contributed by atoms with Gasteiger partial charge < -0.3 is 12.4 Å². The van der Waals surface area contributed by atoms with Crippen molar-refractivity contribution >= 4 is 21.6 Å². The van der Waals surface area contributed by atoms with Crippen molar-refractivity contribution < 1.29 is 17.0 Å². The fourth-order valence-electron chi connectivity index (χ4n) is 2.21. The highest BCUT2D eigenvalue weighted by atomic mass is 35.5. The van der Waals surface area contributed by atoms with E-state index in [1.165, 1.54) is 31.9 Å². The van der Waals surface area contributed by atoms with E-state index in [0.29, 0.717) is 0 Å². The highest BCUT2D eigenvalue weighted by Crippen LogP contribution is 2.28. The van der Waals surface area contributed by atoms with Crippen LogP contribution in [0, 0.1) is 13.8 Å². The van der Waals surface area contributed by atoms with E-state index in [1.807, 2.05) is 11.3 Å². The first kappa shape index (κ1) is 14.0. The minimum Gasteiger partial charge on any atom is -1.00 e. The number of hydrogen-bond acceptors (Lipinski definition) is 1. The molecule has 0 unspecified atom stereocenters. The highest BCUT2D eigenvalue weighted by Gasteiger charge is 2.18. The van der Waals surface area contributed by atoms with Gasteiger partial charge in [0.2, 0.25) is 5.52 Å². The fourth-order valence-corrected chi connectivity index (χ4v) is 3.46. The van der Waals surface area contributed by atoms with Gasteiger partial charge in [0.15, 0.2) is 0 Å². The van der Waals surface area contributed by atoms with Crippen LogP contribution in [0.3, 0.4) is 0 Å². The minimum atomic E-state index is 0. The molecular formula is C16H16ClNS. The zero-order chi connectivity index (χ0) is 12.7.